The predicted molar refractivity (Wildman–Crippen MR) is 75.6 cm³/mol. The van der Waals surface area contributed by atoms with E-state index in [0.717, 1.165) is 16.4 Å². The third-order valence-electron chi connectivity index (χ3n) is 2.76. The second-order valence-corrected chi connectivity index (χ2v) is 4.03. The number of aromatic nitrogens is 4. The second-order valence-electron chi connectivity index (χ2n) is 4.03. The van der Waals surface area contributed by atoms with Gasteiger partial charge in [0.1, 0.15) is 0 Å². The lowest BCUT2D eigenvalue weighted by Gasteiger charge is -1.91. The molecule has 0 radical (unpaired) electrons. The molecular formula is C15H12N4. The number of fused-ring (bicyclic) bond motifs is 2. The first-order valence-corrected chi connectivity index (χ1v) is 5.96. The van der Waals surface area contributed by atoms with Gasteiger partial charge in [-0.15, -0.1) is 0 Å². The molecule has 1 aromatic carbocycles. The first-order chi connectivity index (χ1) is 9.43. The highest BCUT2D eigenvalue weighted by Crippen LogP contribution is 2.08. The van der Waals surface area contributed by atoms with Crippen LogP contribution in [0.2, 0.25) is 0 Å². The van der Waals surface area contributed by atoms with Gasteiger partial charge in [-0.25, -0.2) is 0 Å². The number of rotatable bonds is 0. The van der Waals surface area contributed by atoms with E-state index in [4.69, 9.17) is 0 Å². The van der Waals surface area contributed by atoms with E-state index in [9.17, 15) is 0 Å². The third kappa shape index (κ3) is 2.57. The lowest BCUT2D eigenvalue weighted by molar-refractivity contribution is 1.11. The van der Waals surface area contributed by atoms with Gasteiger partial charge in [0.2, 0.25) is 0 Å². The number of pyridine rings is 2. The quantitative estimate of drug-likeness (QED) is 0.520. The van der Waals surface area contributed by atoms with Gasteiger partial charge in [-0.2, -0.15) is 5.10 Å². The molecule has 4 aromatic rings. The van der Waals surface area contributed by atoms with Crippen LogP contribution in [-0.4, -0.2) is 20.2 Å². The van der Waals surface area contributed by atoms with Gasteiger partial charge in [-0.05, 0) is 18.2 Å². The number of nitrogens with one attached hydrogen (secondary N) is 1. The Labute approximate surface area is 110 Å². The Morgan fingerprint density at radius 1 is 0.789 bits per heavy atom. The van der Waals surface area contributed by atoms with Crippen LogP contribution in [-0.2, 0) is 0 Å². The van der Waals surface area contributed by atoms with E-state index in [0.29, 0.717) is 0 Å². The van der Waals surface area contributed by atoms with Crippen molar-refractivity contribution in [1.82, 2.24) is 20.2 Å². The highest BCUT2D eigenvalue weighted by Gasteiger charge is 1.89. The number of nitrogens with zero attached hydrogens (tertiary/aromatic N) is 3. The zero-order valence-corrected chi connectivity index (χ0v) is 10.2. The number of H-pyrrole nitrogens is 1. The van der Waals surface area contributed by atoms with E-state index >= 15 is 0 Å². The smallest absolute Gasteiger partial charge is 0.0833 e. The van der Waals surface area contributed by atoms with Crippen molar-refractivity contribution in [2.24, 2.45) is 0 Å². The summed E-state index contributed by atoms with van der Waals surface area (Å²) in [7, 11) is 0. The molecule has 0 bridgehead atoms. The second kappa shape index (κ2) is 5.27. The van der Waals surface area contributed by atoms with E-state index in [1.165, 1.54) is 5.39 Å². The molecule has 0 amide bonds. The normalized spacial score (nSPS) is 10.1. The molecule has 0 aliphatic rings. The van der Waals surface area contributed by atoms with Crippen LogP contribution >= 0.6 is 0 Å². The number of benzene rings is 1. The summed E-state index contributed by atoms with van der Waals surface area (Å²) in [5, 5.41) is 8.94. The van der Waals surface area contributed by atoms with Crippen LogP contribution in [0.15, 0.2) is 67.3 Å². The van der Waals surface area contributed by atoms with Crippen LogP contribution in [0.3, 0.4) is 0 Å². The van der Waals surface area contributed by atoms with Crippen LogP contribution in [0, 0.1) is 0 Å². The average molecular weight is 248 g/mol. The maximum Gasteiger partial charge on any atom is 0.0833 e. The van der Waals surface area contributed by atoms with Crippen LogP contribution < -0.4 is 0 Å². The molecule has 92 valence electrons. The van der Waals surface area contributed by atoms with E-state index in [1.807, 2.05) is 36.5 Å². The molecule has 0 aliphatic carbocycles. The molecule has 0 unspecified atom stereocenters. The zero-order chi connectivity index (χ0) is 12.9. The van der Waals surface area contributed by atoms with Gasteiger partial charge in [-0.3, -0.25) is 15.1 Å². The van der Waals surface area contributed by atoms with Crippen LogP contribution in [0.4, 0.5) is 0 Å². The number of aromatic amines is 1. The van der Waals surface area contributed by atoms with Crippen molar-refractivity contribution in [2.75, 3.05) is 0 Å². The summed E-state index contributed by atoms with van der Waals surface area (Å²) in [4.78, 5) is 8.10. The lowest BCUT2D eigenvalue weighted by atomic mass is 10.2. The lowest BCUT2D eigenvalue weighted by Crippen LogP contribution is -1.73. The van der Waals surface area contributed by atoms with Crippen LogP contribution in [0.5, 0.6) is 0 Å². The molecule has 0 aliphatic heterocycles. The maximum absolute atomic E-state index is 4.18. The summed E-state index contributed by atoms with van der Waals surface area (Å²) in [6.07, 6.45) is 7.08. The molecule has 4 heteroatoms. The minimum Gasteiger partial charge on any atom is -0.276 e. The highest BCUT2D eigenvalue weighted by atomic mass is 15.1. The summed E-state index contributed by atoms with van der Waals surface area (Å²) in [5.74, 6) is 0. The van der Waals surface area contributed by atoms with Crippen molar-refractivity contribution in [3.8, 4) is 0 Å². The van der Waals surface area contributed by atoms with Crippen molar-refractivity contribution in [1.29, 1.82) is 0 Å². The minimum atomic E-state index is 0.984. The summed E-state index contributed by atoms with van der Waals surface area (Å²) in [5.41, 5.74) is 2.04. The van der Waals surface area contributed by atoms with Crippen molar-refractivity contribution < 1.29 is 0 Å². The Balaban J connectivity index is 0.000000117. The molecule has 0 fully saturated rings. The van der Waals surface area contributed by atoms with E-state index < -0.39 is 0 Å². The average Bonchev–Trinajstić information content (AvgIpc) is 2.96. The predicted octanol–water partition coefficient (Wildman–Crippen LogP) is 3.19. The van der Waals surface area contributed by atoms with E-state index in [1.54, 1.807) is 18.6 Å². The fourth-order valence-corrected chi connectivity index (χ4v) is 1.80. The largest absolute Gasteiger partial charge is 0.276 e. The molecule has 4 rings (SSSR count). The zero-order valence-electron chi connectivity index (χ0n) is 10.2. The van der Waals surface area contributed by atoms with Crippen molar-refractivity contribution in [3.63, 3.8) is 0 Å². The first kappa shape index (κ1) is 11.3. The van der Waals surface area contributed by atoms with Gasteiger partial charge in [0.05, 0.1) is 23.4 Å². The Kier molecular flexibility index (Phi) is 3.14. The Bertz CT molecular complexity index is 696. The molecule has 0 saturated carbocycles. The van der Waals surface area contributed by atoms with Gasteiger partial charge in [-0.1, -0.05) is 24.3 Å². The summed E-state index contributed by atoms with van der Waals surface area (Å²) in [6.45, 7) is 0. The van der Waals surface area contributed by atoms with Gasteiger partial charge in [0.15, 0.2) is 0 Å². The number of hydrogen-bond acceptors (Lipinski definition) is 3. The Hall–Kier alpha value is -2.75. The molecule has 3 aromatic heterocycles. The fourth-order valence-electron chi connectivity index (χ4n) is 1.80. The summed E-state index contributed by atoms with van der Waals surface area (Å²) < 4.78 is 0. The molecule has 4 nitrogen and oxygen atoms in total. The molecule has 1 N–H and O–H groups in total. The van der Waals surface area contributed by atoms with Gasteiger partial charge >= 0.3 is 0 Å². The van der Waals surface area contributed by atoms with Gasteiger partial charge in [0, 0.05) is 23.2 Å². The summed E-state index contributed by atoms with van der Waals surface area (Å²) >= 11 is 0. The van der Waals surface area contributed by atoms with Crippen molar-refractivity contribution in [3.05, 3.63) is 67.3 Å². The van der Waals surface area contributed by atoms with Crippen LogP contribution in [0.25, 0.3) is 21.8 Å². The maximum atomic E-state index is 4.18. The van der Waals surface area contributed by atoms with Crippen LogP contribution in [0.1, 0.15) is 0 Å². The third-order valence-corrected chi connectivity index (χ3v) is 2.76. The van der Waals surface area contributed by atoms with E-state index in [-0.39, 0.29) is 0 Å². The fraction of sp³-hybridized carbons (Fsp3) is 0. The van der Waals surface area contributed by atoms with Gasteiger partial charge < -0.3 is 0 Å². The highest BCUT2D eigenvalue weighted by molar-refractivity contribution is 5.77. The Morgan fingerprint density at radius 2 is 1.68 bits per heavy atom. The Morgan fingerprint density at radius 3 is 2.58 bits per heavy atom. The first-order valence-electron chi connectivity index (χ1n) is 5.96. The monoisotopic (exact) mass is 248 g/mol. The molecule has 0 spiro atoms. The molecule has 0 saturated heterocycles. The van der Waals surface area contributed by atoms with Crippen molar-refractivity contribution in [2.45, 2.75) is 0 Å². The van der Waals surface area contributed by atoms with Crippen molar-refractivity contribution >= 4 is 21.8 Å². The summed E-state index contributed by atoms with van der Waals surface area (Å²) in [6, 6.07) is 14.0. The molecule has 0 atom stereocenters. The molecule has 19 heavy (non-hydrogen) atoms. The standard InChI is InChI=1S/C9H7N.C6H5N3/c1-2-6-9-8(4-1)5-3-7-10-9;1-2-7-4-6-5(1)3-8-9-6/h1-7H;1-4H,(H,8,9). The number of hydrogen-bond donors (Lipinski definition) is 1. The van der Waals surface area contributed by atoms with E-state index in [2.05, 4.69) is 32.3 Å². The van der Waals surface area contributed by atoms with Gasteiger partial charge in [0.25, 0.3) is 0 Å². The molecule has 3 heterocycles. The minimum absolute atomic E-state index is 0.984. The SMILES string of the molecule is c1cc2cn[nH]c2cn1.c1ccc2ncccc2c1. The number of para-hydroxylation sites is 1. The molecular weight excluding hydrogens is 236 g/mol. The topological polar surface area (TPSA) is 54.5 Å².